The van der Waals surface area contributed by atoms with Gasteiger partial charge in [0.1, 0.15) is 10.7 Å². The highest BCUT2D eigenvalue weighted by molar-refractivity contribution is 7.90. The highest BCUT2D eigenvalue weighted by Gasteiger charge is 2.25. The number of aliphatic hydroxyl groups is 1. The van der Waals surface area contributed by atoms with Gasteiger partial charge < -0.3 is 5.11 Å². The van der Waals surface area contributed by atoms with Crippen molar-refractivity contribution >= 4 is 9.84 Å². The average Bonchev–Trinajstić information content (AvgIpc) is 2.09. The van der Waals surface area contributed by atoms with Gasteiger partial charge in [0.2, 0.25) is 0 Å². The van der Waals surface area contributed by atoms with Crippen LogP contribution in [-0.4, -0.2) is 19.8 Å². The molecule has 0 aliphatic carbocycles. The fraction of sp³-hybridized carbons (Fsp3) is 0.250. The zero-order chi connectivity index (χ0) is 11.8. The van der Waals surface area contributed by atoms with Gasteiger partial charge in [-0.05, 0) is 6.07 Å². The second-order valence-corrected chi connectivity index (χ2v) is 4.86. The fourth-order valence-corrected chi connectivity index (χ4v) is 1.91. The molecule has 0 fully saturated rings. The normalized spacial score (nSPS) is 11.8. The standard InChI is InChI=1S/C8H7F3O3S/c1-15(13,14)8-5(9)2-4(3-12)6(10)7(8)11/h2,12H,3H2,1H3. The van der Waals surface area contributed by atoms with Gasteiger partial charge in [-0.2, -0.15) is 0 Å². The van der Waals surface area contributed by atoms with E-state index in [1.54, 1.807) is 0 Å². The van der Waals surface area contributed by atoms with Gasteiger partial charge >= 0.3 is 0 Å². The molecule has 0 aromatic heterocycles. The molecule has 1 rings (SSSR count). The summed E-state index contributed by atoms with van der Waals surface area (Å²) in [5, 5.41) is 8.54. The number of hydrogen-bond acceptors (Lipinski definition) is 3. The highest BCUT2D eigenvalue weighted by Crippen LogP contribution is 2.24. The van der Waals surface area contributed by atoms with Gasteiger partial charge in [-0.1, -0.05) is 0 Å². The Kier molecular flexibility index (Phi) is 3.05. The maximum atomic E-state index is 13.1. The lowest BCUT2D eigenvalue weighted by Gasteiger charge is -2.06. The van der Waals surface area contributed by atoms with Crippen LogP contribution < -0.4 is 0 Å². The van der Waals surface area contributed by atoms with Crippen molar-refractivity contribution in [1.29, 1.82) is 0 Å². The van der Waals surface area contributed by atoms with Crippen LogP contribution in [0.3, 0.4) is 0 Å². The lowest BCUT2D eigenvalue weighted by molar-refractivity contribution is 0.271. The lowest BCUT2D eigenvalue weighted by Crippen LogP contribution is -2.09. The van der Waals surface area contributed by atoms with Crippen molar-refractivity contribution in [3.05, 3.63) is 29.1 Å². The van der Waals surface area contributed by atoms with Gasteiger partial charge in [-0.25, -0.2) is 21.6 Å². The number of rotatable bonds is 2. The monoisotopic (exact) mass is 240 g/mol. The predicted molar refractivity (Wildman–Crippen MR) is 45.3 cm³/mol. The lowest BCUT2D eigenvalue weighted by atomic mass is 10.2. The van der Waals surface area contributed by atoms with Crippen LogP contribution in [0.1, 0.15) is 5.56 Å². The van der Waals surface area contributed by atoms with Gasteiger partial charge in [-0.15, -0.1) is 0 Å². The first-order valence-corrected chi connectivity index (χ1v) is 5.65. The minimum atomic E-state index is -4.18. The van der Waals surface area contributed by atoms with Crippen LogP contribution in [0, 0.1) is 17.5 Å². The van der Waals surface area contributed by atoms with E-state index in [1.165, 1.54) is 0 Å². The van der Waals surface area contributed by atoms with Crippen molar-refractivity contribution in [2.24, 2.45) is 0 Å². The third kappa shape index (κ3) is 2.13. The van der Waals surface area contributed by atoms with Crippen LogP contribution in [0.25, 0.3) is 0 Å². The summed E-state index contributed by atoms with van der Waals surface area (Å²) in [7, 11) is -4.18. The molecule has 0 heterocycles. The molecule has 0 aliphatic rings. The number of hydrogen-bond donors (Lipinski definition) is 1. The quantitative estimate of drug-likeness (QED) is 0.784. The molecule has 0 saturated heterocycles. The molecule has 0 saturated carbocycles. The Morgan fingerprint density at radius 3 is 2.20 bits per heavy atom. The maximum absolute atomic E-state index is 13.1. The molecule has 0 radical (unpaired) electrons. The van der Waals surface area contributed by atoms with Gasteiger partial charge in [0, 0.05) is 11.8 Å². The van der Waals surface area contributed by atoms with Crippen molar-refractivity contribution in [2.75, 3.05) is 6.26 Å². The van der Waals surface area contributed by atoms with E-state index in [0.29, 0.717) is 12.3 Å². The predicted octanol–water partition coefficient (Wildman–Crippen LogP) is 1.000. The maximum Gasteiger partial charge on any atom is 0.181 e. The van der Waals surface area contributed by atoms with Gasteiger partial charge in [0.05, 0.1) is 6.61 Å². The summed E-state index contributed by atoms with van der Waals surface area (Å²) < 4.78 is 61.0. The van der Waals surface area contributed by atoms with Crippen LogP contribution in [0.2, 0.25) is 0 Å². The molecule has 1 aromatic rings. The summed E-state index contributed by atoms with van der Waals surface area (Å²) in [4.78, 5) is -1.32. The Balaban J connectivity index is 3.65. The topological polar surface area (TPSA) is 54.4 Å². The molecule has 0 atom stereocenters. The van der Waals surface area contributed by atoms with Crippen LogP contribution >= 0.6 is 0 Å². The molecule has 84 valence electrons. The van der Waals surface area contributed by atoms with Gasteiger partial charge in [0.15, 0.2) is 21.5 Å². The molecule has 0 amide bonds. The van der Waals surface area contributed by atoms with E-state index in [-0.39, 0.29) is 0 Å². The first-order chi connectivity index (χ1) is 6.79. The second kappa shape index (κ2) is 3.82. The van der Waals surface area contributed by atoms with E-state index >= 15 is 0 Å². The summed E-state index contributed by atoms with van der Waals surface area (Å²) in [5.41, 5.74) is -0.627. The SMILES string of the molecule is CS(=O)(=O)c1c(F)cc(CO)c(F)c1F. The summed E-state index contributed by atoms with van der Waals surface area (Å²) >= 11 is 0. The van der Waals surface area contributed by atoms with Crippen LogP contribution in [0.5, 0.6) is 0 Å². The number of halogens is 3. The number of aliphatic hydroxyl groups excluding tert-OH is 1. The van der Waals surface area contributed by atoms with E-state index in [2.05, 4.69) is 0 Å². The molecule has 3 nitrogen and oxygen atoms in total. The van der Waals surface area contributed by atoms with E-state index in [4.69, 9.17) is 5.11 Å². The average molecular weight is 240 g/mol. The smallest absolute Gasteiger partial charge is 0.181 e. The number of benzene rings is 1. The minimum absolute atomic E-state index is 0.453. The molecule has 0 bridgehead atoms. The van der Waals surface area contributed by atoms with E-state index in [9.17, 15) is 21.6 Å². The first kappa shape index (κ1) is 12.0. The fourth-order valence-electron chi connectivity index (χ4n) is 1.08. The van der Waals surface area contributed by atoms with Crippen molar-refractivity contribution in [1.82, 2.24) is 0 Å². The molecule has 1 N–H and O–H groups in total. The van der Waals surface area contributed by atoms with Gasteiger partial charge in [-0.3, -0.25) is 0 Å². The minimum Gasteiger partial charge on any atom is -0.392 e. The molecule has 0 unspecified atom stereocenters. The van der Waals surface area contributed by atoms with Crippen LogP contribution in [0.15, 0.2) is 11.0 Å². The third-order valence-electron chi connectivity index (χ3n) is 1.73. The summed E-state index contributed by atoms with van der Waals surface area (Å²) in [5.74, 6) is -4.78. The molecular formula is C8H7F3O3S. The van der Waals surface area contributed by atoms with Crippen molar-refractivity contribution in [3.8, 4) is 0 Å². The Labute approximate surface area is 84.1 Å². The van der Waals surface area contributed by atoms with Gasteiger partial charge in [0.25, 0.3) is 0 Å². The summed E-state index contributed by atoms with van der Waals surface area (Å²) in [6.07, 6.45) is 0.562. The molecular weight excluding hydrogens is 233 g/mol. The molecule has 0 spiro atoms. The van der Waals surface area contributed by atoms with Crippen molar-refractivity contribution in [3.63, 3.8) is 0 Å². The third-order valence-corrected chi connectivity index (χ3v) is 2.85. The van der Waals surface area contributed by atoms with E-state index < -0.39 is 44.4 Å². The Hall–Kier alpha value is -1.08. The summed E-state index contributed by atoms with van der Waals surface area (Å²) in [6.45, 7) is -0.913. The van der Waals surface area contributed by atoms with Crippen LogP contribution in [-0.2, 0) is 16.4 Å². The molecule has 7 heteroatoms. The van der Waals surface area contributed by atoms with Crippen LogP contribution in [0.4, 0.5) is 13.2 Å². The molecule has 0 aliphatic heterocycles. The van der Waals surface area contributed by atoms with E-state index in [0.717, 1.165) is 0 Å². The first-order valence-electron chi connectivity index (χ1n) is 3.76. The Morgan fingerprint density at radius 1 is 1.27 bits per heavy atom. The van der Waals surface area contributed by atoms with Crippen molar-refractivity contribution in [2.45, 2.75) is 11.5 Å². The highest BCUT2D eigenvalue weighted by atomic mass is 32.2. The Morgan fingerprint density at radius 2 is 1.80 bits per heavy atom. The zero-order valence-corrected chi connectivity index (χ0v) is 8.41. The largest absolute Gasteiger partial charge is 0.392 e. The second-order valence-electron chi connectivity index (χ2n) is 2.90. The zero-order valence-electron chi connectivity index (χ0n) is 7.59. The molecule has 15 heavy (non-hydrogen) atoms. The van der Waals surface area contributed by atoms with E-state index in [1.807, 2.05) is 0 Å². The summed E-state index contributed by atoms with van der Waals surface area (Å²) in [6, 6.07) is 0.453. The molecule has 1 aromatic carbocycles. The van der Waals surface area contributed by atoms with Crippen molar-refractivity contribution < 1.29 is 26.7 Å². The number of sulfone groups is 1. The Bertz CT molecular complexity index is 496.